The summed E-state index contributed by atoms with van der Waals surface area (Å²) in [6.07, 6.45) is -0.878. The third-order valence-corrected chi connectivity index (χ3v) is 5.30. The molecule has 2 aromatic rings. The lowest BCUT2D eigenvalue weighted by Crippen LogP contribution is -2.35. The zero-order valence-corrected chi connectivity index (χ0v) is 16.9. The number of nitrogens with one attached hydrogen (secondary N) is 1. The van der Waals surface area contributed by atoms with Crippen LogP contribution in [0.3, 0.4) is 0 Å². The van der Waals surface area contributed by atoms with Crippen LogP contribution in [-0.4, -0.2) is 34.9 Å². The fraction of sp³-hybridized carbons (Fsp3) is 0.364. The van der Waals surface area contributed by atoms with Crippen molar-refractivity contribution in [3.63, 3.8) is 0 Å². The lowest BCUT2D eigenvalue weighted by atomic mass is 10.0. The van der Waals surface area contributed by atoms with Crippen molar-refractivity contribution in [2.75, 3.05) is 18.0 Å². The van der Waals surface area contributed by atoms with Crippen LogP contribution in [0.2, 0.25) is 0 Å². The number of carbonyl (C=O) groups is 2. The molecule has 0 aromatic heterocycles. The molecule has 0 radical (unpaired) electrons. The number of aliphatic hydroxyl groups is 1. The molecule has 0 aliphatic carbocycles. The second-order valence-electron chi connectivity index (χ2n) is 7.76. The van der Waals surface area contributed by atoms with Gasteiger partial charge in [0.1, 0.15) is 0 Å². The van der Waals surface area contributed by atoms with Gasteiger partial charge in [-0.3, -0.25) is 19.7 Å². The van der Waals surface area contributed by atoms with Crippen LogP contribution in [0.15, 0.2) is 48.5 Å². The highest BCUT2D eigenvalue weighted by Gasteiger charge is 2.35. The van der Waals surface area contributed by atoms with E-state index in [1.54, 1.807) is 4.90 Å². The van der Waals surface area contributed by atoms with E-state index < -0.39 is 16.9 Å². The molecule has 3 rings (SSSR count). The summed E-state index contributed by atoms with van der Waals surface area (Å²) in [4.78, 5) is 36.8. The summed E-state index contributed by atoms with van der Waals surface area (Å²) in [6.45, 7) is 4.42. The Kier molecular flexibility index (Phi) is 6.47. The fourth-order valence-electron chi connectivity index (χ4n) is 3.46. The Labute approximate surface area is 174 Å². The van der Waals surface area contributed by atoms with E-state index in [4.69, 9.17) is 0 Å². The zero-order chi connectivity index (χ0) is 21.8. The quantitative estimate of drug-likeness (QED) is 0.537. The minimum Gasteiger partial charge on any atom is -0.387 e. The summed E-state index contributed by atoms with van der Waals surface area (Å²) in [5, 5.41) is 23.6. The Balaban J connectivity index is 1.58. The molecule has 1 aliphatic heterocycles. The van der Waals surface area contributed by atoms with Crippen molar-refractivity contribution >= 4 is 23.2 Å². The van der Waals surface area contributed by atoms with Gasteiger partial charge in [0.2, 0.25) is 11.8 Å². The predicted molar refractivity (Wildman–Crippen MR) is 112 cm³/mol. The van der Waals surface area contributed by atoms with Gasteiger partial charge in [0.15, 0.2) is 0 Å². The first-order valence-electron chi connectivity index (χ1n) is 9.86. The molecule has 1 heterocycles. The van der Waals surface area contributed by atoms with Crippen LogP contribution in [0, 0.1) is 16.0 Å². The van der Waals surface area contributed by atoms with Crippen molar-refractivity contribution in [3.05, 3.63) is 69.8 Å². The second-order valence-corrected chi connectivity index (χ2v) is 7.76. The normalized spacial score (nSPS) is 17.3. The number of nitrogens with zero attached hydrogens (tertiary/aromatic N) is 2. The molecule has 2 atom stereocenters. The number of hydrogen-bond acceptors (Lipinski definition) is 5. The molecule has 158 valence electrons. The van der Waals surface area contributed by atoms with E-state index in [1.165, 1.54) is 24.3 Å². The van der Waals surface area contributed by atoms with E-state index in [2.05, 4.69) is 19.2 Å². The van der Waals surface area contributed by atoms with Crippen LogP contribution in [0.25, 0.3) is 0 Å². The predicted octanol–water partition coefficient (Wildman–Crippen LogP) is 2.92. The van der Waals surface area contributed by atoms with Crippen LogP contribution in [0.4, 0.5) is 11.4 Å². The monoisotopic (exact) mass is 411 g/mol. The molecule has 1 aliphatic rings. The Morgan fingerprint density at radius 2 is 1.93 bits per heavy atom. The minimum atomic E-state index is -0.995. The van der Waals surface area contributed by atoms with E-state index in [0.29, 0.717) is 18.0 Å². The molecule has 0 unspecified atom stereocenters. The smallest absolute Gasteiger partial charge is 0.269 e. The molecule has 8 nitrogen and oxygen atoms in total. The Hall–Kier alpha value is -3.26. The lowest BCUT2D eigenvalue weighted by Gasteiger charge is -2.19. The number of benzene rings is 2. The molecule has 8 heteroatoms. The highest BCUT2D eigenvalue weighted by molar-refractivity contribution is 6.00. The minimum absolute atomic E-state index is 0.0375. The second kappa shape index (κ2) is 9.04. The average molecular weight is 411 g/mol. The molecule has 2 amide bonds. The maximum absolute atomic E-state index is 12.5. The van der Waals surface area contributed by atoms with Gasteiger partial charge in [0.05, 0.1) is 16.9 Å². The largest absolute Gasteiger partial charge is 0.387 e. The molecule has 0 saturated carbocycles. The summed E-state index contributed by atoms with van der Waals surface area (Å²) in [6, 6.07) is 13.3. The number of rotatable bonds is 7. The van der Waals surface area contributed by atoms with Crippen molar-refractivity contribution in [2.24, 2.45) is 5.92 Å². The summed E-state index contributed by atoms with van der Waals surface area (Å²) in [5.74, 6) is -0.564. The van der Waals surface area contributed by atoms with Crippen LogP contribution >= 0.6 is 0 Å². The van der Waals surface area contributed by atoms with Gasteiger partial charge in [-0.05, 0) is 41.3 Å². The third kappa shape index (κ3) is 4.83. The summed E-state index contributed by atoms with van der Waals surface area (Å²) >= 11 is 0. The molecule has 1 saturated heterocycles. The van der Waals surface area contributed by atoms with Crippen molar-refractivity contribution in [3.8, 4) is 0 Å². The van der Waals surface area contributed by atoms with Gasteiger partial charge >= 0.3 is 0 Å². The Morgan fingerprint density at radius 3 is 2.57 bits per heavy atom. The van der Waals surface area contributed by atoms with Crippen molar-refractivity contribution in [1.29, 1.82) is 0 Å². The van der Waals surface area contributed by atoms with Gasteiger partial charge in [0, 0.05) is 37.3 Å². The molecular formula is C22H25N3O5. The number of nitro benzene ring substituents is 1. The van der Waals surface area contributed by atoms with Gasteiger partial charge in [0.25, 0.3) is 5.69 Å². The van der Waals surface area contributed by atoms with Crippen LogP contribution in [0.1, 0.15) is 43.4 Å². The summed E-state index contributed by atoms with van der Waals surface area (Å²) < 4.78 is 0. The SMILES string of the molecule is CC(C)c1cccc(N2C[C@@H](C(=O)NC[C@@H](O)c3ccc([N+](=O)[O-])cc3)CC2=O)c1. The lowest BCUT2D eigenvalue weighted by molar-refractivity contribution is -0.384. The maximum Gasteiger partial charge on any atom is 0.269 e. The first-order valence-corrected chi connectivity index (χ1v) is 9.86. The van der Waals surface area contributed by atoms with E-state index in [-0.39, 0.29) is 30.5 Å². The van der Waals surface area contributed by atoms with Crippen molar-refractivity contribution < 1.29 is 19.6 Å². The zero-order valence-electron chi connectivity index (χ0n) is 16.9. The van der Waals surface area contributed by atoms with Crippen molar-refractivity contribution in [1.82, 2.24) is 5.32 Å². The maximum atomic E-state index is 12.5. The van der Waals surface area contributed by atoms with Gasteiger partial charge < -0.3 is 15.3 Å². The molecule has 0 bridgehead atoms. The summed E-state index contributed by atoms with van der Waals surface area (Å²) in [7, 11) is 0. The van der Waals surface area contributed by atoms with E-state index in [1.807, 2.05) is 24.3 Å². The first-order chi connectivity index (χ1) is 14.3. The highest BCUT2D eigenvalue weighted by Crippen LogP contribution is 2.28. The van der Waals surface area contributed by atoms with Gasteiger partial charge in [-0.1, -0.05) is 26.0 Å². The fourth-order valence-corrected chi connectivity index (χ4v) is 3.46. The number of amides is 2. The molecule has 2 N–H and O–H groups in total. The highest BCUT2D eigenvalue weighted by atomic mass is 16.6. The number of hydrogen-bond donors (Lipinski definition) is 2. The first kappa shape index (κ1) is 21.4. The van der Waals surface area contributed by atoms with Gasteiger partial charge in [-0.15, -0.1) is 0 Å². The Morgan fingerprint density at radius 1 is 1.23 bits per heavy atom. The van der Waals surface area contributed by atoms with Crippen LogP contribution < -0.4 is 10.2 Å². The van der Waals surface area contributed by atoms with E-state index in [0.717, 1.165) is 11.3 Å². The standard InChI is InChI=1S/C22H25N3O5/c1-14(2)16-4-3-5-19(10-16)24-13-17(11-21(24)27)22(28)23-12-20(26)15-6-8-18(9-7-15)25(29)30/h3-10,14,17,20,26H,11-13H2,1-2H3,(H,23,28)/t17-,20+/m0/s1. The number of carbonyl (C=O) groups excluding carboxylic acids is 2. The molecule has 30 heavy (non-hydrogen) atoms. The molecule has 1 fully saturated rings. The average Bonchev–Trinajstić information content (AvgIpc) is 3.13. The van der Waals surface area contributed by atoms with Crippen molar-refractivity contribution in [2.45, 2.75) is 32.3 Å². The number of nitro groups is 1. The summed E-state index contributed by atoms with van der Waals surface area (Å²) in [5.41, 5.74) is 2.31. The van der Waals surface area contributed by atoms with Gasteiger partial charge in [-0.2, -0.15) is 0 Å². The van der Waals surface area contributed by atoms with Gasteiger partial charge in [-0.25, -0.2) is 0 Å². The molecular weight excluding hydrogens is 386 g/mol. The number of aliphatic hydroxyl groups excluding tert-OH is 1. The van der Waals surface area contributed by atoms with E-state index >= 15 is 0 Å². The number of anilines is 1. The Bertz CT molecular complexity index is 942. The molecule has 2 aromatic carbocycles. The molecule has 0 spiro atoms. The number of non-ortho nitro benzene ring substituents is 1. The van der Waals surface area contributed by atoms with Crippen LogP contribution in [0.5, 0.6) is 0 Å². The third-order valence-electron chi connectivity index (χ3n) is 5.30. The van der Waals surface area contributed by atoms with Crippen LogP contribution in [-0.2, 0) is 9.59 Å². The van der Waals surface area contributed by atoms with E-state index in [9.17, 15) is 24.8 Å². The topological polar surface area (TPSA) is 113 Å².